The van der Waals surface area contributed by atoms with Gasteiger partial charge in [0.25, 0.3) is 0 Å². The molecule has 15 heavy (non-hydrogen) atoms. The van der Waals surface area contributed by atoms with Crippen LogP contribution < -0.4 is 0 Å². The van der Waals surface area contributed by atoms with E-state index in [1.807, 2.05) is 6.08 Å². The summed E-state index contributed by atoms with van der Waals surface area (Å²) in [7, 11) is -2.96. The average molecular weight is 231 g/mol. The van der Waals surface area contributed by atoms with Gasteiger partial charge in [0.15, 0.2) is 0 Å². The van der Waals surface area contributed by atoms with Crippen LogP contribution in [0.2, 0.25) is 0 Å². The number of hydrogen-bond acceptors (Lipinski definition) is 2. The second-order valence-corrected chi connectivity index (χ2v) is 6.15. The molecule has 0 aliphatic carbocycles. The van der Waals surface area contributed by atoms with Gasteiger partial charge in [0.1, 0.15) is 0 Å². The van der Waals surface area contributed by atoms with Crippen LogP contribution in [0.5, 0.6) is 0 Å². The molecule has 0 N–H and O–H groups in total. The van der Waals surface area contributed by atoms with Crippen LogP contribution in [0.4, 0.5) is 0 Å². The zero-order valence-corrected chi connectivity index (χ0v) is 10.1. The second-order valence-electron chi connectivity index (χ2n) is 4.06. The van der Waals surface area contributed by atoms with Crippen LogP contribution in [-0.4, -0.2) is 31.6 Å². The molecular weight excluding hydrogens is 210 g/mol. The minimum atomic E-state index is -2.96. The summed E-state index contributed by atoms with van der Waals surface area (Å²) < 4.78 is 25.4. The van der Waals surface area contributed by atoms with Gasteiger partial charge in [-0.15, -0.1) is 6.58 Å². The highest BCUT2D eigenvalue weighted by Crippen LogP contribution is 2.14. The van der Waals surface area contributed by atoms with Gasteiger partial charge in [0, 0.05) is 13.1 Å². The molecule has 1 rings (SSSR count). The Kier molecular flexibility index (Phi) is 5.32. The van der Waals surface area contributed by atoms with Gasteiger partial charge in [-0.25, -0.2) is 12.7 Å². The Labute approximate surface area is 93.2 Å². The summed E-state index contributed by atoms with van der Waals surface area (Å²) in [5.41, 5.74) is 0. The van der Waals surface area contributed by atoms with E-state index in [1.165, 1.54) is 6.42 Å². The summed E-state index contributed by atoms with van der Waals surface area (Å²) in [6, 6.07) is 0. The van der Waals surface area contributed by atoms with E-state index >= 15 is 0 Å². The Morgan fingerprint density at radius 3 is 2.40 bits per heavy atom. The first-order valence-corrected chi connectivity index (χ1v) is 7.36. The van der Waals surface area contributed by atoms with Crippen molar-refractivity contribution in [2.45, 2.75) is 38.5 Å². The van der Waals surface area contributed by atoms with Crippen molar-refractivity contribution in [1.29, 1.82) is 0 Å². The summed E-state index contributed by atoms with van der Waals surface area (Å²) in [4.78, 5) is 0. The fourth-order valence-corrected chi connectivity index (χ4v) is 3.49. The molecule has 0 amide bonds. The third-order valence-electron chi connectivity index (χ3n) is 2.77. The van der Waals surface area contributed by atoms with E-state index in [0.29, 0.717) is 5.75 Å². The summed E-state index contributed by atoms with van der Waals surface area (Å²) in [5, 5.41) is 0. The Bertz CT molecular complexity index is 279. The molecule has 1 aliphatic rings. The molecule has 0 aromatic carbocycles. The quantitative estimate of drug-likeness (QED) is 0.519. The van der Waals surface area contributed by atoms with E-state index in [-0.39, 0.29) is 0 Å². The first kappa shape index (κ1) is 12.7. The third kappa shape index (κ3) is 4.34. The largest absolute Gasteiger partial charge is 0.214 e. The van der Waals surface area contributed by atoms with Crippen molar-refractivity contribution >= 4 is 10.0 Å². The Morgan fingerprint density at radius 2 is 1.80 bits per heavy atom. The van der Waals surface area contributed by atoms with Crippen molar-refractivity contribution in [3.63, 3.8) is 0 Å². The average Bonchev–Trinajstić information content (AvgIpc) is 2.26. The predicted octanol–water partition coefficient (Wildman–Crippen LogP) is 2.16. The Balaban J connectivity index is 2.33. The van der Waals surface area contributed by atoms with Crippen LogP contribution in [0.25, 0.3) is 0 Å². The molecule has 3 nitrogen and oxygen atoms in total. The molecule has 1 saturated heterocycles. The lowest BCUT2D eigenvalue weighted by Crippen LogP contribution is -2.37. The molecule has 0 spiro atoms. The summed E-state index contributed by atoms with van der Waals surface area (Å²) in [6.07, 6.45) is 7.64. The van der Waals surface area contributed by atoms with Crippen LogP contribution in [0, 0.1) is 0 Å². The van der Waals surface area contributed by atoms with Crippen molar-refractivity contribution in [3.05, 3.63) is 12.7 Å². The van der Waals surface area contributed by atoms with E-state index in [1.54, 1.807) is 4.31 Å². The standard InChI is InChI=1S/C11H21NO2S/c1-2-3-4-8-11-15(13,14)12-9-6-5-7-10-12/h2H,1,3-11H2. The van der Waals surface area contributed by atoms with Crippen molar-refractivity contribution < 1.29 is 8.42 Å². The van der Waals surface area contributed by atoms with Crippen LogP contribution in [-0.2, 0) is 10.0 Å². The van der Waals surface area contributed by atoms with E-state index < -0.39 is 10.0 Å². The predicted molar refractivity (Wildman–Crippen MR) is 63.3 cm³/mol. The third-order valence-corrected chi connectivity index (χ3v) is 4.73. The molecule has 0 aromatic heterocycles. The van der Waals surface area contributed by atoms with Gasteiger partial charge in [0.2, 0.25) is 10.0 Å². The molecule has 0 bridgehead atoms. The number of unbranched alkanes of at least 4 members (excludes halogenated alkanes) is 2. The molecule has 88 valence electrons. The minimum absolute atomic E-state index is 0.306. The lowest BCUT2D eigenvalue weighted by atomic mass is 10.2. The molecule has 0 radical (unpaired) electrons. The number of rotatable bonds is 6. The minimum Gasteiger partial charge on any atom is -0.212 e. The molecular formula is C11H21NO2S. The molecule has 0 aromatic rings. The number of allylic oxidation sites excluding steroid dienone is 1. The SMILES string of the molecule is C=CCCCCS(=O)(=O)N1CCCCC1. The number of sulfonamides is 1. The maximum atomic E-state index is 11.8. The van der Waals surface area contributed by atoms with E-state index in [0.717, 1.165) is 45.2 Å². The normalized spacial score (nSPS) is 18.9. The fraction of sp³-hybridized carbons (Fsp3) is 0.818. The highest BCUT2D eigenvalue weighted by Gasteiger charge is 2.22. The molecule has 0 atom stereocenters. The zero-order chi connectivity index (χ0) is 11.1. The zero-order valence-electron chi connectivity index (χ0n) is 9.32. The van der Waals surface area contributed by atoms with Gasteiger partial charge in [-0.2, -0.15) is 0 Å². The lowest BCUT2D eigenvalue weighted by Gasteiger charge is -2.25. The number of nitrogens with zero attached hydrogens (tertiary/aromatic N) is 1. The second kappa shape index (κ2) is 6.28. The van der Waals surface area contributed by atoms with Crippen LogP contribution >= 0.6 is 0 Å². The Morgan fingerprint density at radius 1 is 1.13 bits per heavy atom. The summed E-state index contributed by atoms with van der Waals surface area (Å²) >= 11 is 0. The van der Waals surface area contributed by atoms with Gasteiger partial charge in [-0.05, 0) is 32.1 Å². The van der Waals surface area contributed by atoms with Gasteiger partial charge < -0.3 is 0 Å². The van der Waals surface area contributed by atoms with Crippen LogP contribution in [0.3, 0.4) is 0 Å². The van der Waals surface area contributed by atoms with Crippen LogP contribution in [0.1, 0.15) is 38.5 Å². The van der Waals surface area contributed by atoms with Gasteiger partial charge in [-0.1, -0.05) is 12.5 Å². The number of hydrogen-bond donors (Lipinski definition) is 0. The van der Waals surface area contributed by atoms with Gasteiger partial charge in [0.05, 0.1) is 5.75 Å². The first-order chi connectivity index (χ1) is 7.17. The molecule has 0 unspecified atom stereocenters. The summed E-state index contributed by atoms with van der Waals surface area (Å²) in [5.74, 6) is 0.306. The summed E-state index contributed by atoms with van der Waals surface area (Å²) in [6.45, 7) is 5.08. The fourth-order valence-electron chi connectivity index (χ4n) is 1.85. The maximum absolute atomic E-state index is 11.8. The van der Waals surface area contributed by atoms with Gasteiger partial charge in [-0.3, -0.25) is 0 Å². The van der Waals surface area contributed by atoms with E-state index in [4.69, 9.17) is 0 Å². The first-order valence-electron chi connectivity index (χ1n) is 5.75. The Hall–Kier alpha value is -0.350. The molecule has 1 fully saturated rings. The lowest BCUT2D eigenvalue weighted by molar-refractivity contribution is 0.346. The van der Waals surface area contributed by atoms with Gasteiger partial charge >= 0.3 is 0 Å². The smallest absolute Gasteiger partial charge is 0.212 e. The van der Waals surface area contributed by atoms with E-state index in [2.05, 4.69) is 6.58 Å². The van der Waals surface area contributed by atoms with Crippen molar-refractivity contribution in [1.82, 2.24) is 4.31 Å². The molecule has 1 heterocycles. The van der Waals surface area contributed by atoms with Crippen molar-refractivity contribution in [2.24, 2.45) is 0 Å². The number of piperidine rings is 1. The maximum Gasteiger partial charge on any atom is 0.214 e. The monoisotopic (exact) mass is 231 g/mol. The van der Waals surface area contributed by atoms with Crippen molar-refractivity contribution in [2.75, 3.05) is 18.8 Å². The molecule has 1 aliphatic heterocycles. The topological polar surface area (TPSA) is 37.4 Å². The molecule has 4 heteroatoms. The van der Waals surface area contributed by atoms with Crippen LogP contribution in [0.15, 0.2) is 12.7 Å². The van der Waals surface area contributed by atoms with Crippen molar-refractivity contribution in [3.8, 4) is 0 Å². The molecule has 0 saturated carbocycles. The highest BCUT2D eigenvalue weighted by atomic mass is 32.2. The van der Waals surface area contributed by atoms with E-state index in [9.17, 15) is 8.42 Å². The highest BCUT2D eigenvalue weighted by molar-refractivity contribution is 7.89.